The number of alkyl halides is 2. The van der Waals surface area contributed by atoms with Gasteiger partial charge in [-0.05, 0) is 20.8 Å². The van der Waals surface area contributed by atoms with Gasteiger partial charge in [-0.1, -0.05) is 11.6 Å². The highest BCUT2D eigenvalue weighted by Gasteiger charge is 2.26. The molecule has 2 heterocycles. The first-order chi connectivity index (χ1) is 10.2. The van der Waals surface area contributed by atoms with E-state index in [1.165, 1.54) is 4.68 Å². The van der Waals surface area contributed by atoms with Gasteiger partial charge < -0.3 is 5.32 Å². The lowest BCUT2D eigenvalue weighted by atomic mass is 10.3. The largest absolute Gasteiger partial charge is 0.321 e. The van der Waals surface area contributed by atoms with Crippen LogP contribution in [0.3, 0.4) is 0 Å². The molecule has 9 heteroatoms. The Bertz CT molecular complexity index is 710. The quantitative estimate of drug-likeness (QED) is 0.936. The SMILES string of the molecule is Cc1nn(C)cc1NC(=O)[C@@H](C)n1nc(C(F)F)c(Cl)c1C. The van der Waals surface area contributed by atoms with Crippen LogP contribution in [0.15, 0.2) is 6.20 Å². The van der Waals surface area contributed by atoms with Crippen LogP contribution in [0.2, 0.25) is 5.02 Å². The fourth-order valence-electron chi connectivity index (χ4n) is 2.11. The van der Waals surface area contributed by atoms with Crippen molar-refractivity contribution in [3.63, 3.8) is 0 Å². The first kappa shape index (κ1) is 16.4. The highest BCUT2D eigenvalue weighted by atomic mass is 35.5. The summed E-state index contributed by atoms with van der Waals surface area (Å²) in [7, 11) is 1.73. The van der Waals surface area contributed by atoms with E-state index in [4.69, 9.17) is 11.6 Å². The molecule has 2 aromatic rings. The Hall–Kier alpha value is -1.96. The van der Waals surface area contributed by atoms with E-state index < -0.39 is 18.2 Å². The van der Waals surface area contributed by atoms with E-state index in [1.54, 1.807) is 38.7 Å². The normalized spacial score (nSPS) is 12.7. The lowest BCUT2D eigenvalue weighted by molar-refractivity contribution is -0.119. The van der Waals surface area contributed by atoms with Crippen LogP contribution in [0, 0.1) is 13.8 Å². The molecule has 0 saturated carbocycles. The summed E-state index contributed by atoms with van der Waals surface area (Å²) in [6, 6.07) is -0.787. The molecule has 0 saturated heterocycles. The Balaban J connectivity index is 2.24. The molecule has 0 aliphatic carbocycles. The van der Waals surface area contributed by atoms with Crippen molar-refractivity contribution in [3.8, 4) is 0 Å². The molecule has 0 radical (unpaired) electrons. The number of rotatable bonds is 4. The molecule has 0 unspecified atom stereocenters. The number of hydrogen-bond donors (Lipinski definition) is 1. The Kier molecular flexibility index (Phi) is 4.50. The van der Waals surface area contributed by atoms with Crippen molar-refractivity contribution in [2.24, 2.45) is 7.05 Å². The number of halogens is 3. The summed E-state index contributed by atoms with van der Waals surface area (Å²) in [5.41, 5.74) is 1.02. The molecule has 2 aromatic heterocycles. The van der Waals surface area contributed by atoms with Crippen molar-refractivity contribution in [1.29, 1.82) is 0 Å². The molecule has 120 valence electrons. The van der Waals surface area contributed by atoms with Gasteiger partial charge in [-0.15, -0.1) is 0 Å². The molecule has 1 atom stereocenters. The molecule has 1 amide bonds. The number of carbonyl (C=O) groups is 1. The summed E-state index contributed by atoms with van der Waals surface area (Å²) >= 11 is 5.84. The minimum atomic E-state index is -2.79. The molecule has 6 nitrogen and oxygen atoms in total. The van der Waals surface area contributed by atoms with Crippen molar-refractivity contribution >= 4 is 23.2 Å². The molecule has 0 aliphatic rings. The van der Waals surface area contributed by atoms with Crippen molar-refractivity contribution in [1.82, 2.24) is 19.6 Å². The van der Waals surface area contributed by atoms with E-state index in [2.05, 4.69) is 15.5 Å². The molecule has 0 spiro atoms. The van der Waals surface area contributed by atoms with Crippen LogP contribution >= 0.6 is 11.6 Å². The van der Waals surface area contributed by atoms with Crippen LogP contribution in [-0.2, 0) is 11.8 Å². The average molecular weight is 332 g/mol. The zero-order chi connectivity index (χ0) is 16.6. The molecule has 1 N–H and O–H groups in total. The first-order valence-electron chi connectivity index (χ1n) is 6.56. The van der Waals surface area contributed by atoms with E-state index in [0.717, 1.165) is 0 Å². The fourth-order valence-corrected chi connectivity index (χ4v) is 2.31. The highest BCUT2D eigenvalue weighted by Crippen LogP contribution is 2.30. The van der Waals surface area contributed by atoms with Crippen molar-refractivity contribution in [2.45, 2.75) is 33.2 Å². The molecule has 0 fully saturated rings. The standard InChI is InChI=1S/C13H16ClF2N5O/c1-6-9(5-20(4)18-6)17-13(22)8(3)21-7(2)10(14)11(19-21)12(15)16/h5,8,12H,1-4H3,(H,17,22)/t8-/m1/s1. The van der Waals surface area contributed by atoms with Gasteiger partial charge >= 0.3 is 0 Å². The summed E-state index contributed by atoms with van der Waals surface area (Å²) in [5.74, 6) is -0.390. The Morgan fingerprint density at radius 1 is 1.36 bits per heavy atom. The summed E-state index contributed by atoms with van der Waals surface area (Å²) in [6.07, 6.45) is -1.13. The lowest BCUT2D eigenvalue weighted by Gasteiger charge is -2.14. The van der Waals surface area contributed by atoms with Crippen LogP contribution in [0.5, 0.6) is 0 Å². The number of hydrogen-bond acceptors (Lipinski definition) is 3. The fraction of sp³-hybridized carbons (Fsp3) is 0.462. The lowest BCUT2D eigenvalue weighted by Crippen LogP contribution is -2.25. The van der Waals surface area contributed by atoms with Crippen molar-refractivity contribution in [2.75, 3.05) is 5.32 Å². The molecule has 0 aromatic carbocycles. The van der Waals surface area contributed by atoms with E-state index in [1.807, 2.05) is 0 Å². The number of carbonyl (C=O) groups excluding carboxylic acids is 1. The smallest absolute Gasteiger partial charge is 0.283 e. The van der Waals surface area contributed by atoms with Crippen LogP contribution in [0.1, 0.15) is 36.5 Å². The minimum Gasteiger partial charge on any atom is -0.321 e. The highest BCUT2D eigenvalue weighted by molar-refractivity contribution is 6.31. The minimum absolute atomic E-state index is 0.118. The zero-order valence-corrected chi connectivity index (χ0v) is 13.3. The Labute approximate surface area is 131 Å². The maximum absolute atomic E-state index is 12.8. The van der Waals surface area contributed by atoms with Gasteiger partial charge in [0.05, 0.1) is 22.1 Å². The van der Waals surface area contributed by atoms with E-state index in [0.29, 0.717) is 17.1 Å². The Morgan fingerprint density at radius 2 is 2.00 bits per heavy atom. The maximum atomic E-state index is 12.8. The van der Waals surface area contributed by atoms with Gasteiger partial charge in [0.2, 0.25) is 5.91 Å². The van der Waals surface area contributed by atoms with E-state index in [9.17, 15) is 13.6 Å². The van der Waals surface area contributed by atoms with Gasteiger partial charge in [0.1, 0.15) is 11.7 Å². The zero-order valence-electron chi connectivity index (χ0n) is 12.6. The van der Waals surface area contributed by atoms with Crippen LogP contribution in [-0.4, -0.2) is 25.5 Å². The second kappa shape index (κ2) is 6.04. The number of aryl methyl sites for hydroxylation is 2. The van der Waals surface area contributed by atoms with Gasteiger partial charge in [0.25, 0.3) is 6.43 Å². The van der Waals surface area contributed by atoms with E-state index >= 15 is 0 Å². The van der Waals surface area contributed by atoms with E-state index in [-0.39, 0.29) is 10.9 Å². The predicted molar refractivity (Wildman–Crippen MR) is 78.2 cm³/mol. The van der Waals surface area contributed by atoms with Gasteiger partial charge in [0, 0.05) is 13.2 Å². The van der Waals surface area contributed by atoms with Gasteiger partial charge in [-0.2, -0.15) is 10.2 Å². The van der Waals surface area contributed by atoms with Gasteiger partial charge in [-0.3, -0.25) is 14.2 Å². The topological polar surface area (TPSA) is 64.7 Å². The van der Waals surface area contributed by atoms with Crippen molar-refractivity contribution in [3.05, 3.63) is 28.3 Å². The second-order valence-electron chi connectivity index (χ2n) is 5.00. The number of nitrogens with zero attached hydrogens (tertiary/aromatic N) is 4. The van der Waals surface area contributed by atoms with Gasteiger partial charge in [0.15, 0.2) is 0 Å². The number of nitrogens with one attached hydrogen (secondary N) is 1. The second-order valence-corrected chi connectivity index (χ2v) is 5.37. The summed E-state index contributed by atoms with van der Waals surface area (Å²) in [4.78, 5) is 12.3. The summed E-state index contributed by atoms with van der Waals surface area (Å²) in [6.45, 7) is 4.86. The number of anilines is 1. The van der Waals surface area contributed by atoms with Crippen LogP contribution in [0.25, 0.3) is 0 Å². The third-order valence-electron chi connectivity index (χ3n) is 3.33. The molecule has 2 rings (SSSR count). The molecule has 0 bridgehead atoms. The third kappa shape index (κ3) is 2.96. The average Bonchev–Trinajstić information content (AvgIpc) is 2.90. The summed E-state index contributed by atoms with van der Waals surface area (Å²) < 4.78 is 28.4. The Morgan fingerprint density at radius 3 is 2.45 bits per heavy atom. The predicted octanol–water partition coefficient (Wildman–Crippen LogP) is 3.02. The number of aromatic nitrogens is 4. The summed E-state index contributed by atoms with van der Waals surface area (Å²) in [5, 5.41) is 10.4. The van der Waals surface area contributed by atoms with Crippen molar-refractivity contribution < 1.29 is 13.6 Å². The van der Waals surface area contributed by atoms with Crippen LogP contribution in [0.4, 0.5) is 14.5 Å². The third-order valence-corrected chi connectivity index (χ3v) is 3.79. The maximum Gasteiger partial charge on any atom is 0.283 e. The molecular weight excluding hydrogens is 316 g/mol. The molecule has 0 aliphatic heterocycles. The monoisotopic (exact) mass is 331 g/mol. The first-order valence-corrected chi connectivity index (χ1v) is 6.94. The molecule has 22 heavy (non-hydrogen) atoms. The number of amides is 1. The van der Waals surface area contributed by atoms with Crippen LogP contribution < -0.4 is 5.32 Å². The molecular formula is C13H16ClF2N5O. The van der Waals surface area contributed by atoms with Gasteiger partial charge in [-0.25, -0.2) is 8.78 Å².